The summed E-state index contributed by atoms with van der Waals surface area (Å²) in [7, 11) is 6.05. The van der Waals surface area contributed by atoms with Gasteiger partial charge in [-0.1, -0.05) is 18.2 Å². The number of hydrogen-bond donors (Lipinski definition) is 1. The van der Waals surface area contributed by atoms with Gasteiger partial charge in [-0.25, -0.2) is 0 Å². The van der Waals surface area contributed by atoms with Crippen molar-refractivity contribution in [2.24, 2.45) is 0 Å². The summed E-state index contributed by atoms with van der Waals surface area (Å²) in [6.07, 6.45) is 0.841. The second kappa shape index (κ2) is 10.9. The Morgan fingerprint density at radius 2 is 1.59 bits per heavy atom. The van der Waals surface area contributed by atoms with Gasteiger partial charge in [0.25, 0.3) is 0 Å². The molecule has 7 heteroatoms. The van der Waals surface area contributed by atoms with E-state index in [1.165, 1.54) is 7.11 Å². The lowest BCUT2D eigenvalue weighted by atomic mass is 10.0. The van der Waals surface area contributed by atoms with Crippen molar-refractivity contribution in [1.29, 1.82) is 0 Å². The quantitative estimate of drug-likeness (QED) is 0.616. The van der Waals surface area contributed by atoms with Crippen molar-refractivity contribution in [2.75, 3.05) is 28.4 Å². The third kappa shape index (κ3) is 6.41. The van der Waals surface area contributed by atoms with Crippen molar-refractivity contribution in [1.82, 2.24) is 5.32 Å². The van der Waals surface area contributed by atoms with Gasteiger partial charge >= 0.3 is 5.97 Å². The van der Waals surface area contributed by atoms with Gasteiger partial charge in [-0.15, -0.1) is 0 Å². The molecular weight excluding hydrogens is 374 g/mol. The number of esters is 1. The van der Waals surface area contributed by atoms with Crippen LogP contribution in [0.15, 0.2) is 42.5 Å². The van der Waals surface area contributed by atoms with Crippen molar-refractivity contribution in [2.45, 2.75) is 25.3 Å². The summed E-state index contributed by atoms with van der Waals surface area (Å²) in [5.74, 6) is 1.39. The van der Waals surface area contributed by atoms with Crippen LogP contribution in [0, 0.1) is 0 Å². The van der Waals surface area contributed by atoms with Crippen molar-refractivity contribution < 1.29 is 28.5 Å². The zero-order valence-corrected chi connectivity index (χ0v) is 17.2. The standard InChI is InChI=1S/C22H27NO6/c1-26-17-9-7-16(8-10-17)18(14-22(25)29-4)23-21(24)12-6-15-5-11-19(27-2)20(13-15)28-3/h5,7-11,13,18H,6,12,14H2,1-4H3,(H,23,24)/t18-/m0/s1. The molecule has 156 valence electrons. The monoisotopic (exact) mass is 401 g/mol. The molecule has 0 aliphatic rings. The lowest BCUT2D eigenvalue weighted by Crippen LogP contribution is -2.30. The highest BCUT2D eigenvalue weighted by atomic mass is 16.5. The molecule has 0 heterocycles. The summed E-state index contributed by atoms with van der Waals surface area (Å²) in [6, 6.07) is 12.3. The third-order valence-corrected chi connectivity index (χ3v) is 4.54. The number of carbonyl (C=O) groups excluding carboxylic acids is 2. The van der Waals surface area contributed by atoms with Crippen LogP contribution < -0.4 is 19.5 Å². The molecule has 2 aromatic rings. The Morgan fingerprint density at radius 3 is 2.17 bits per heavy atom. The zero-order chi connectivity index (χ0) is 21.2. The van der Waals surface area contributed by atoms with E-state index in [2.05, 4.69) is 5.32 Å². The molecule has 0 saturated heterocycles. The number of methoxy groups -OCH3 is 4. The number of hydrogen-bond acceptors (Lipinski definition) is 6. The number of benzene rings is 2. The van der Waals surface area contributed by atoms with Gasteiger partial charge in [0.05, 0.1) is 40.9 Å². The average molecular weight is 401 g/mol. The van der Waals surface area contributed by atoms with Gasteiger partial charge in [-0.3, -0.25) is 9.59 Å². The van der Waals surface area contributed by atoms with Gasteiger partial charge in [0.15, 0.2) is 11.5 Å². The first-order valence-electron chi connectivity index (χ1n) is 9.21. The Balaban J connectivity index is 2.04. The second-order valence-corrected chi connectivity index (χ2v) is 6.36. The number of nitrogens with one attached hydrogen (secondary N) is 1. The average Bonchev–Trinajstić information content (AvgIpc) is 2.76. The van der Waals surface area contributed by atoms with E-state index in [1.807, 2.05) is 30.3 Å². The molecule has 1 N–H and O–H groups in total. The molecule has 0 aliphatic heterocycles. The fourth-order valence-electron chi connectivity index (χ4n) is 2.90. The Bertz CT molecular complexity index is 819. The van der Waals surface area contributed by atoms with Crippen molar-refractivity contribution in [3.05, 3.63) is 53.6 Å². The van der Waals surface area contributed by atoms with Crippen molar-refractivity contribution >= 4 is 11.9 Å². The Labute approximate surface area is 170 Å². The summed E-state index contributed by atoms with van der Waals surface area (Å²) in [4.78, 5) is 24.3. The molecule has 2 aromatic carbocycles. The van der Waals surface area contributed by atoms with Crippen LogP contribution in [0.25, 0.3) is 0 Å². The van der Waals surface area contributed by atoms with Crippen LogP contribution >= 0.6 is 0 Å². The maximum atomic E-state index is 12.5. The first-order chi connectivity index (χ1) is 14.0. The topological polar surface area (TPSA) is 83.1 Å². The first-order valence-corrected chi connectivity index (χ1v) is 9.21. The predicted octanol–water partition coefficient (Wildman–Crippen LogP) is 3.07. The van der Waals surface area contributed by atoms with E-state index in [0.717, 1.165) is 11.1 Å². The predicted molar refractivity (Wildman–Crippen MR) is 108 cm³/mol. The molecule has 0 radical (unpaired) electrons. The smallest absolute Gasteiger partial charge is 0.307 e. The van der Waals surface area contributed by atoms with Crippen LogP contribution in [0.4, 0.5) is 0 Å². The highest BCUT2D eigenvalue weighted by Crippen LogP contribution is 2.28. The first kappa shape index (κ1) is 22.1. The fourth-order valence-corrected chi connectivity index (χ4v) is 2.90. The minimum absolute atomic E-state index is 0.0466. The highest BCUT2D eigenvalue weighted by molar-refractivity contribution is 5.78. The number of carbonyl (C=O) groups is 2. The Kier molecular flexibility index (Phi) is 8.33. The number of ether oxygens (including phenoxy) is 4. The van der Waals surface area contributed by atoms with Crippen LogP contribution in [-0.4, -0.2) is 40.3 Å². The summed E-state index contributed by atoms with van der Waals surface area (Å²) in [5, 5.41) is 2.92. The molecule has 0 fully saturated rings. The lowest BCUT2D eigenvalue weighted by molar-refractivity contribution is -0.141. The zero-order valence-electron chi connectivity index (χ0n) is 17.2. The molecule has 2 rings (SSSR count). The van der Waals surface area contributed by atoms with E-state index in [0.29, 0.717) is 23.7 Å². The summed E-state index contributed by atoms with van der Waals surface area (Å²) >= 11 is 0. The molecule has 0 spiro atoms. The van der Waals surface area contributed by atoms with Crippen LogP contribution in [0.3, 0.4) is 0 Å². The molecule has 0 unspecified atom stereocenters. The van der Waals surface area contributed by atoms with Crippen molar-refractivity contribution in [3.63, 3.8) is 0 Å². The Morgan fingerprint density at radius 1 is 0.897 bits per heavy atom. The number of aryl methyl sites for hydroxylation is 1. The summed E-state index contributed by atoms with van der Waals surface area (Å²) in [5.41, 5.74) is 1.75. The third-order valence-electron chi connectivity index (χ3n) is 4.54. The van der Waals surface area contributed by atoms with Crippen molar-refractivity contribution in [3.8, 4) is 17.2 Å². The van der Waals surface area contributed by atoms with E-state index < -0.39 is 12.0 Å². The molecule has 7 nitrogen and oxygen atoms in total. The van der Waals surface area contributed by atoms with Gasteiger partial charge in [0.2, 0.25) is 5.91 Å². The van der Waals surface area contributed by atoms with E-state index in [4.69, 9.17) is 18.9 Å². The van der Waals surface area contributed by atoms with Crippen LogP contribution in [0.2, 0.25) is 0 Å². The highest BCUT2D eigenvalue weighted by Gasteiger charge is 2.19. The molecule has 1 amide bonds. The van der Waals surface area contributed by atoms with Crippen LogP contribution in [0.5, 0.6) is 17.2 Å². The SMILES string of the molecule is COC(=O)C[C@H](NC(=O)CCc1ccc(OC)c(OC)c1)c1ccc(OC)cc1. The molecular formula is C22H27NO6. The minimum atomic E-state index is -0.480. The molecule has 0 bridgehead atoms. The van der Waals surface area contributed by atoms with Gasteiger partial charge in [-0.05, 0) is 41.8 Å². The van der Waals surface area contributed by atoms with E-state index >= 15 is 0 Å². The van der Waals surface area contributed by atoms with Gasteiger partial charge < -0.3 is 24.3 Å². The summed E-state index contributed by atoms with van der Waals surface area (Å²) < 4.78 is 20.4. The van der Waals surface area contributed by atoms with Gasteiger partial charge in [0.1, 0.15) is 5.75 Å². The second-order valence-electron chi connectivity index (χ2n) is 6.36. The molecule has 1 atom stereocenters. The van der Waals surface area contributed by atoms with E-state index in [1.54, 1.807) is 33.5 Å². The van der Waals surface area contributed by atoms with Gasteiger partial charge in [0, 0.05) is 6.42 Å². The molecule has 0 aromatic heterocycles. The van der Waals surface area contributed by atoms with E-state index in [9.17, 15) is 9.59 Å². The molecule has 0 saturated carbocycles. The number of rotatable bonds is 10. The maximum absolute atomic E-state index is 12.5. The van der Waals surface area contributed by atoms with E-state index in [-0.39, 0.29) is 18.7 Å². The van der Waals surface area contributed by atoms with Crippen LogP contribution in [-0.2, 0) is 20.7 Å². The Hall–Kier alpha value is -3.22. The van der Waals surface area contributed by atoms with Gasteiger partial charge in [-0.2, -0.15) is 0 Å². The minimum Gasteiger partial charge on any atom is -0.497 e. The molecule has 0 aliphatic carbocycles. The normalized spacial score (nSPS) is 11.3. The molecule has 29 heavy (non-hydrogen) atoms. The lowest BCUT2D eigenvalue weighted by Gasteiger charge is -2.19. The largest absolute Gasteiger partial charge is 0.497 e. The maximum Gasteiger partial charge on any atom is 0.307 e. The fraction of sp³-hybridized carbons (Fsp3) is 0.364. The number of amides is 1. The summed E-state index contributed by atoms with van der Waals surface area (Å²) in [6.45, 7) is 0. The van der Waals surface area contributed by atoms with Crippen LogP contribution in [0.1, 0.15) is 30.0 Å².